The molecule has 2 bridgehead atoms. The summed E-state index contributed by atoms with van der Waals surface area (Å²) in [7, 11) is 4.59. The number of cyclic esters (lactones) is 1. The van der Waals surface area contributed by atoms with Crippen molar-refractivity contribution in [3.63, 3.8) is 0 Å². The van der Waals surface area contributed by atoms with Gasteiger partial charge in [0.15, 0.2) is 6.10 Å². The van der Waals surface area contributed by atoms with Gasteiger partial charge in [-0.3, -0.25) is 24.0 Å². The van der Waals surface area contributed by atoms with Crippen LogP contribution in [0.2, 0.25) is 0 Å². The standard InChI is InChI=1S/C33H47N5O7S/c1-10-11-24-19(4)33(43)45-21(6)31(41)37(7)25(16-22-12-14-23(44-9)15-13-22)32(42)38(8)27(18(2)3)29(40)35-20(5)30-34-17-26(46-30)28(39)36-24/h12-15,17-21,24-25,27H,10-11,16H2,1-9H3,(H,35,40)(H,36,39)/t19-,20+,21+,24-,25+,27+/m1/s1. The van der Waals surface area contributed by atoms with Crippen molar-refractivity contribution in [3.05, 3.63) is 45.9 Å². The smallest absolute Gasteiger partial charge is 0.311 e. The summed E-state index contributed by atoms with van der Waals surface area (Å²) in [6.07, 6.45) is 1.56. The van der Waals surface area contributed by atoms with Crippen LogP contribution in [0.4, 0.5) is 0 Å². The maximum absolute atomic E-state index is 14.2. The van der Waals surface area contributed by atoms with Gasteiger partial charge in [-0.1, -0.05) is 39.3 Å². The van der Waals surface area contributed by atoms with Crippen molar-refractivity contribution < 1.29 is 33.4 Å². The Morgan fingerprint density at radius 2 is 1.63 bits per heavy atom. The van der Waals surface area contributed by atoms with E-state index >= 15 is 0 Å². The van der Waals surface area contributed by atoms with E-state index in [1.165, 1.54) is 30.0 Å². The van der Waals surface area contributed by atoms with Crippen LogP contribution in [0.1, 0.15) is 80.7 Å². The molecule has 1 aliphatic heterocycles. The van der Waals surface area contributed by atoms with Crippen LogP contribution in [0.25, 0.3) is 0 Å². The highest BCUT2D eigenvalue weighted by Crippen LogP contribution is 2.24. The second-order valence-corrected chi connectivity index (χ2v) is 13.2. The Kier molecular flexibility index (Phi) is 12.7. The molecule has 0 saturated heterocycles. The molecule has 13 heteroatoms. The first kappa shape index (κ1) is 36.5. The minimum atomic E-state index is -1.22. The van der Waals surface area contributed by atoms with Crippen LogP contribution in [0.5, 0.6) is 5.75 Å². The van der Waals surface area contributed by atoms with Gasteiger partial charge in [0.05, 0.1) is 25.3 Å². The van der Waals surface area contributed by atoms with Crippen LogP contribution < -0.4 is 15.4 Å². The Labute approximate surface area is 275 Å². The summed E-state index contributed by atoms with van der Waals surface area (Å²) >= 11 is 1.14. The average Bonchev–Trinajstić information content (AvgIpc) is 3.52. The Balaban J connectivity index is 2.07. The van der Waals surface area contributed by atoms with Crippen molar-refractivity contribution in [1.29, 1.82) is 0 Å². The number of rotatable bonds is 6. The van der Waals surface area contributed by atoms with Gasteiger partial charge in [-0.05, 0) is 50.8 Å². The molecule has 0 radical (unpaired) electrons. The van der Waals surface area contributed by atoms with Crippen LogP contribution in [-0.4, -0.2) is 89.8 Å². The molecule has 2 heterocycles. The number of hydrogen-bond acceptors (Lipinski definition) is 9. The van der Waals surface area contributed by atoms with E-state index in [1.807, 2.05) is 32.9 Å². The van der Waals surface area contributed by atoms with E-state index < -0.39 is 65.8 Å². The summed E-state index contributed by atoms with van der Waals surface area (Å²) in [5, 5.41) is 6.40. The van der Waals surface area contributed by atoms with Gasteiger partial charge in [-0.2, -0.15) is 0 Å². The molecule has 1 aromatic heterocycles. The fourth-order valence-electron chi connectivity index (χ4n) is 5.56. The van der Waals surface area contributed by atoms with E-state index in [1.54, 1.807) is 40.1 Å². The molecule has 3 rings (SSSR count). The SMILES string of the molecule is CCC[C@H]1NC(=O)c2cnc(s2)[C@H](C)NC(=O)[C@H](C(C)C)N(C)C(=O)[C@H](Cc2ccc(OC)cc2)N(C)C(=O)[C@H](C)OC(=O)[C@@H]1C. The van der Waals surface area contributed by atoms with Crippen LogP contribution >= 0.6 is 11.3 Å². The molecule has 1 aliphatic rings. The lowest BCUT2D eigenvalue weighted by atomic mass is 9.97. The maximum atomic E-state index is 14.2. The summed E-state index contributed by atoms with van der Waals surface area (Å²) in [5.41, 5.74) is 0.765. The number of nitrogens with zero attached hydrogens (tertiary/aromatic N) is 3. The average molecular weight is 658 g/mol. The first-order valence-electron chi connectivity index (χ1n) is 15.6. The third-order valence-electron chi connectivity index (χ3n) is 8.36. The van der Waals surface area contributed by atoms with Crippen LogP contribution in [0.15, 0.2) is 30.5 Å². The molecule has 1 aromatic carbocycles. The monoisotopic (exact) mass is 657 g/mol. The number of benzene rings is 1. The zero-order valence-corrected chi connectivity index (χ0v) is 29.0. The van der Waals surface area contributed by atoms with Gasteiger partial charge in [-0.25, -0.2) is 4.98 Å². The fraction of sp³-hybridized carbons (Fsp3) is 0.576. The molecule has 0 fully saturated rings. The molecule has 12 nitrogen and oxygen atoms in total. The van der Waals surface area contributed by atoms with Crippen molar-refractivity contribution in [2.75, 3.05) is 21.2 Å². The molecule has 2 N–H and O–H groups in total. The van der Waals surface area contributed by atoms with Gasteiger partial charge in [-0.15, -0.1) is 11.3 Å². The number of likely N-dealkylation sites (N-methyl/N-ethyl adjacent to an activating group) is 2. The number of methoxy groups -OCH3 is 1. The Hall–Kier alpha value is -4.00. The predicted octanol–water partition coefficient (Wildman–Crippen LogP) is 3.36. The predicted molar refractivity (Wildman–Crippen MR) is 174 cm³/mol. The lowest BCUT2D eigenvalue weighted by Crippen LogP contribution is -2.58. The number of fused-ring (bicyclic) bond motifs is 2. The van der Waals surface area contributed by atoms with Crippen LogP contribution in [0, 0.1) is 11.8 Å². The molecule has 0 saturated carbocycles. The number of hydrogen-bond donors (Lipinski definition) is 2. The molecule has 252 valence electrons. The number of aromatic nitrogens is 1. The lowest BCUT2D eigenvalue weighted by molar-refractivity contribution is -0.164. The van der Waals surface area contributed by atoms with Gasteiger partial charge in [0.25, 0.3) is 11.8 Å². The third kappa shape index (κ3) is 8.62. The molecule has 46 heavy (non-hydrogen) atoms. The summed E-state index contributed by atoms with van der Waals surface area (Å²) < 4.78 is 10.9. The van der Waals surface area contributed by atoms with Gasteiger partial charge in [0.2, 0.25) is 11.8 Å². The minimum absolute atomic E-state index is 0.141. The highest BCUT2D eigenvalue weighted by Gasteiger charge is 2.39. The lowest BCUT2D eigenvalue weighted by Gasteiger charge is -2.37. The molecule has 6 atom stereocenters. The Morgan fingerprint density at radius 3 is 2.22 bits per heavy atom. The van der Waals surface area contributed by atoms with Gasteiger partial charge < -0.3 is 29.9 Å². The molecule has 0 unspecified atom stereocenters. The molecular formula is C33H47N5O7S. The van der Waals surface area contributed by atoms with E-state index in [0.29, 0.717) is 28.5 Å². The van der Waals surface area contributed by atoms with Crippen molar-refractivity contribution in [2.45, 2.75) is 91.1 Å². The van der Waals surface area contributed by atoms with E-state index in [4.69, 9.17) is 9.47 Å². The van der Waals surface area contributed by atoms with E-state index in [0.717, 1.165) is 16.9 Å². The molecule has 0 aliphatic carbocycles. The zero-order chi connectivity index (χ0) is 34.3. The summed E-state index contributed by atoms with van der Waals surface area (Å²) in [5.74, 6) is -2.86. The van der Waals surface area contributed by atoms with E-state index in [2.05, 4.69) is 15.6 Å². The second kappa shape index (κ2) is 16.0. The van der Waals surface area contributed by atoms with Crippen LogP contribution in [0.3, 0.4) is 0 Å². The van der Waals surface area contributed by atoms with Gasteiger partial charge in [0.1, 0.15) is 27.7 Å². The molecule has 4 amide bonds. The number of carbonyl (C=O) groups excluding carboxylic acids is 5. The Morgan fingerprint density at radius 1 is 0.978 bits per heavy atom. The fourth-order valence-corrected chi connectivity index (χ4v) is 6.38. The minimum Gasteiger partial charge on any atom is -0.497 e. The quantitative estimate of drug-likeness (QED) is 0.450. The maximum Gasteiger partial charge on any atom is 0.311 e. The molecular weight excluding hydrogens is 610 g/mol. The van der Waals surface area contributed by atoms with Crippen LogP contribution in [-0.2, 0) is 30.3 Å². The number of esters is 1. The summed E-state index contributed by atoms with van der Waals surface area (Å²) in [4.78, 5) is 75.5. The van der Waals surface area contributed by atoms with Gasteiger partial charge in [0, 0.05) is 26.6 Å². The first-order valence-corrected chi connectivity index (χ1v) is 16.4. The van der Waals surface area contributed by atoms with Gasteiger partial charge >= 0.3 is 5.97 Å². The summed E-state index contributed by atoms with van der Waals surface area (Å²) in [6, 6.07) is 4.14. The Bertz CT molecular complexity index is 1390. The van der Waals surface area contributed by atoms with Crippen molar-refractivity contribution in [3.8, 4) is 5.75 Å². The number of carbonyl (C=O) groups is 5. The largest absolute Gasteiger partial charge is 0.497 e. The first-order chi connectivity index (χ1) is 21.7. The number of nitrogens with one attached hydrogen (secondary N) is 2. The van der Waals surface area contributed by atoms with Crippen molar-refractivity contribution >= 4 is 40.9 Å². The molecule has 0 spiro atoms. The third-order valence-corrected chi connectivity index (χ3v) is 9.54. The van der Waals surface area contributed by atoms with E-state index in [9.17, 15) is 24.0 Å². The molecule has 2 aromatic rings. The number of thiazole rings is 1. The van der Waals surface area contributed by atoms with E-state index in [-0.39, 0.29) is 12.3 Å². The normalized spacial score (nSPS) is 25.7. The summed E-state index contributed by atoms with van der Waals surface area (Å²) in [6.45, 7) is 10.5. The topological polar surface area (TPSA) is 147 Å². The number of ether oxygens (including phenoxy) is 2. The highest BCUT2D eigenvalue weighted by atomic mass is 32.1. The van der Waals surface area contributed by atoms with Crippen molar-refractivity contribution in [1.82, 2.24) is 25.4 Å². The zero-order valence-electron chi connectivity index (χ0n) is 28.2. The second-order valence-electron chi connectivity index (χ2n) is 12.2. The van der Waals surface area contributed by atoms with Crippen molar-refractivity contribution in [2.24, 2.45) is 11.8 Å². The number of amides is 4. The highest BCUT2D eigenvalue weighted by molar-refractivity contribution is 7.13.